The lowest BCUT2D eigenvalue weighted by molar-refractivity contribution is -0.119. The number of furan rings is 1. The van der Waals surface area contributed by atoms with E-state index in [0.717, 1.165) is 9.87 Å². The van der Waals surface area contributed by atoms with Gasteiger partial charge in [-0.15, -0.1) is 0 Å². The maximum Gasteiger partial charge on any atom is 0.264 e. The summed E-state index contributed by atoms with van der Waals surface area (Å²) in [5.74, 6) is 0.784. The third-order valence-electron chi connectivity index (χ3n) is 5.54. The van der Waals surface area contributed by atoms with Gasteiger partial charge in [0, 0.05) is 10.6 Å². The predicted molar refractivity (Wildman–Crippen MR) is 153 cm³/mol. The first-order chi connectivity index (χ1) is 18.7. The fraction of sp³-hybridized carbons (Fsp3) is 0.143. The molecule has 0 aliphatic heterocycles. The molecule has 3 aromatic carbocycles. The van der Waals surface area contributed by atoms with Crippen molar-refractivity contribution >= 4 is 51.0 Å². The Kier molecular flexibility index (Phi) is 8.96. The maximum absolute atomic E-state index is 13.5. The topological polar surface area (TPSA) is 101 Å². The summed E-state index contributed by atoms with van der Waals surface area (Å²) in [5.41, 5.74) is 4.22. The van der Waals surface area contributed by atoms with E-state index in [0.29, 0.717) is 45.2 Å². The van der Waals surface area contributed by atoms with E-state index in [-0.39, 0.29) is 4.90 Å². The van der Waals surface area contributed by atoms with Crippen molar-refractivity contribution in [3.63, 3.8) is 0 Å². The molecule has 0 saturated heterocycles. The van der Waals surface area contributed by atoms with Crippen LogP contribution in [0.4, 0.5) is 5.69 Å². The van der Waals surface area contributed by atoms with Crippen LogP contribution in [0.5, 0.6) is 5.75 Å². The molecule has 0 atom stereocenters. The Morgan fingerprint density at radius 2 is 1.74 bits per heavy atom. The number of amides is 1. The van der Waals surface area contributed by atoms with Crippen LogP contribution >= 0.6 is 23.2 Å². The summed E-state index contributed by atoms with van der Waals surface area (Å²) in [6.07, 6.45) is 1.31. The Morgan fingerprint density at radius 1 is 1.03 bits per heavy atom. The number of anilines is 1. The number of benzene rings is 3. The number of hydrogen-bond donors (Lipinski definition) is 1. The van der Waals surface area contributed by atoms with Gasteiger partial charge in [-0.05, 0) is 80.6 Å². The Hall–Kier alpha value is -3.79. The van der Waals surface area contributed by atoms with Crippen molar-refractivity contribution in [2.75, 3.05) is 17.5 Å². The average molecular weight is 586 g/mol. The number of rotatable bonds is 10. The summed E-state index contributed by atoms with van der Waals surface area (Å²) in [5, 5.41) is 4.85. The quantitative estimate of drug-likeness (QED) is 0.174. The van der Waals surface area contributed by atoms with Crippen LogP contribution in [-0.2, 0) is 14.8 Å². The molecule has 1 amide bonds. The molecule has 0 bridgehead atoms. The van der Waals surface area contributed by atoms with E-state index in [4.69, 9.17) is 32.4 Å². The number of sulfonamides is 1. The van der Waals surface area contributed by atoms with Gasteiger partial charge in [0.05, 0.1) is 28.4 Å². The zero-order valence-corrected chi connectivity index (χ0v) is 23.4. The average Bonchev–Trinajstić information content (AvgIpc) is 3.37. The van der Waals surface area contributed by atoms with Gasteiger partial charge in [0.25, 0.3) is 15.9 Å². The Bertz CT molecular complexity index is 1580. The first kappa shape index (κ1) is 28.2. The molecule has 1 heterocycles. The number of ether oxygens (including phenoxy) is 1. The highest BCUT2D eigenvalue weighted by Gasteiger charge is 2.27. The lowest BCUT2D eigenvalue weighted by Crippen LogP contribution is -2.39. The molecule has 1 aromatic heterocycles. The molecule has 0 spiro atoms. The van der Waals surface area contributed by atoms with Crippen molar-refractivity contribution < 1.29 is 22.4 Å². The summed E-state index contributed by atoms with van der Waals surface area (Å²) in [6.45, 7) is 3.67. The van der Waals surface area contributed by atoms with E-state index >= 15 is 0 Å². The van der Waals surface area contributed by atoms with Crippen molar-refractivity contribution in [3.05, 3.63) is 100 Å². The highest BCUT2D eigenvalue weighted by Crippen LogP contribution is 2.31. The largest absolute Gasteiger partial charge is 0.494 e. The zero-order valence-electron chi connectivity index (χ0n) is 21.1. The van der Waals surface area contributed by atoms with E-state index in [1.54, 1.807) is 66.7 Å². The minimum absolute atomic E-state index is 0.0576. The minimum atomic E-state index is -4.06. The highest BCUT2D eigenvalue weighted by atomic mass is 35.5. The molecule has 39 heavy (non-hydrogen) atoms. The number of carbonyl (C=O) groups excluding carboxylic acids is 1. The summed E-state index contributed by atoms with van der Waals surface area (Å²) >= 11 is 12.2. The third-order valence-corrected chi connectivity index (χ3v) is 7.87. The van der Waals surface area contributed by atoms with Crippen LogP contribution in [0.3, 0.4) is 0 Å². The lowest BCUT2D eigenvalue weighted by atomic mass is 10.2. The number of hydrazone groups is 1. The van der Waals surface area contributed by atoms with Crippen LogP contribution in [0.1, 0.15) is 18.2 Å². The monoisotopic (exact) mass is 585 g/mol. The molecule has 4 aromatic rings. The molecule has 0 aliphatic carbocycles. The van der Waals surface area contributed by atoms with Gasteiger partial charge in [-0.1, -0.05) is 40.9 Å². The molecule has 0 unspecified atom stereocenters. The molecule has 0 radical (unpaired) electrons. The molecule has 0 fully saturated rings. The van der Waals surface area contributed by atoms with Crippen LogP contribution in [0.25, 0.3) is 11.3 Å². The second-order valence-electron chi connectivity index (χ2n) is 8.37. The van der Waals surface area contributed by atoms with E-state index in [1.807, 2.05) is 13.8 Å². The standard InChI is InChI=1S/C28H25Cl2N3O5S/c1-3-37-22-9-7-21(8-10-22)33(39(35,36)24-12-4-19(2)5-13-24)18-28(34)32-31-17-23-11-15-27(38-23)25-14-6-20(29)16-26(25)30/h4-17H,3,18H2,1-2H3,(H,32,34)/b31-17-. The van der Waals surface area contributed by atoms with Gasteiger partial charge < -0.3 is 9.15 Å². The molecule has 0 aliphatic rings. The maximum atomic E-state index is 13.5. The number of carbonyl (C=O) groups is 1. The minimum Gasteiger partial charge on any atom is -0.494 e. The Morgan fingerprint density at radius 3 is 2.41 bits per heavy atom. The molecule has 0 saturated carbocycles. The Balaban J connectivity index is 1.51. The molecule has 1 N–H and O–H groups in total. The summed E-state index contributed by atoms with van der Waals surface area (Å²) in [7, 11) is -4.06. The van der Waals surface area contributed by atoms with E-state index < -0.39 is 22.5 Å². The molecule has 11 heteroatoms. The van der Waals surface area contributed by atoms with Crippen molar-refractivity contribution in [1.29, 1.82) is 0 Å². The summed E-state index contributed by atoms with van der Waals surface area (Å²) in [6, 6.07) is 21.3. The van der Waals surface area contributed by atoms with Crippen LogP contribution < -0.4 is 14.5 Å². The molecular weight excluding hydrogens is 561 g/mol. The second-order valence-corrected chi connectivity index (χ2v) is 11.1. The number of nitrogens with zero attached hydrogens (tertiary/aromatic N) is 2. The van der Waals surface area contributed by atoms with Gasteiger partial charge in [-0.25, -0.2) is 13.8 Å². The number of nitrogens with one attached hydrogen (secondary N) is 1. The summed E-state index contributed by atoms with van der Waals surface area (Å²) in [4.78, 5) is 12.9. The van der Waals surface area contributed by atoms with Gasteiger partial charge >= 0.3 is 0 Å². The van der Waals surface area contributed by atoms with Gasteiger partial charge in [-0.2, -0.15) is 5.10 Å². The SMILES string of the molecule is CCOc1ccc(N(CC(=O)N/N=C\c2ccc(-c3ccc(Cl)cc3Cl)o2)S(=O)(=O)c2ccc(C)cc2)cc1. The third kappa shape index (κ3) is 7.00. The fourth-order valence-electron chi connectivity index (χ4n) is 3.62. The van der Waals surface area contributed by atoms with Crippen LogP contribution in [0.2, 0.25) is 10.0 Å². The normalized spacial score (nSPS) is 11.5. The van der Waals surface area contributed by atoms with Gasteiger partial charge in [0.15, 0.2) is 0 Å². The molecular formula is C28H25Cl2N3O5S. The van der Waals surface area contributed by atoms with Gasteiger partial charge in [0.1, 0.15) is 23.8 Å². The van der Waals surface area contributed by atoms with Crippen molar-refractivity contribution in [2.45, 2.75) is 18.7 Å². The number of halogens is 2. The predicted octanol–water partition coefficient (Wildman–Crippen LogP) is 6.31. The first-order valence-electron chi connectivity index (χ1n) is 11.9. The fourth-order valence-corrected chi connectivity index (χ4v) is 5.54. The van der Waals surface area contributed by atoms with Crippen molar-refractivity contribution in [1.82, 2.24) is 5.43 Å². The van der Waals surface area contributed by atoms with E-state index in [1.165, 1.54) is 18.3 Å². The van der Waals surface area contributed by atoms with Gasteiger partial charge in [0.2, 0.25) is 0 Å². The number of aryl methyl sites for hydroxylation is 1. The first-order valence-corrected chi connectivity index (χ1v) is 14.1. The molecule has 8 nitrogen and oxygen atoms in total. The smallest absolute Gasteiger partial charge is 0.264 e. The number of hydrogen-bond acceptors (Lipinski definition) is 6. The zero-order chi connectivity index (χ0) is 28.0. The highest BCUT2D eigenvalue weighted by molar-refractivity contribution is 7.92. The molecule has 202 valence electrons. The van der Waals surface area contributed by atoms with Gasteiger partial charge in [-0.3, -0.25) is 9.10 Å². The lowest BCUT2D eigenvalue weighted by Gasteiger charge is -2.24. The Labute approximate surface area is 236 Å². The van der Waals surface area contributed by atoms with Crippen LogP contribution in [0.15, 0.2) is 93.3 Å². The van der Waals surface area contributed by atoms with E-state index in [2.05, 4.69) is 10.5 Å². The van der Waals surface area contributed by atoms with Crippen molar-refractivity contribution in [3.8, 4) is 17.1 Å². The summed E-state index contributed by atoms with van der Waals surface area (Å²) < 4.78 is 39.2. The van der Waals surface area contributed by atoms with E-state index in [9.17, 15) is 13.2 Å². The second kappa shape index (κ2) is 12.4. The van der Waals surface area contributed by atoms with Crippen LogP contribution in [0, 0.1) is 6.92 Å². The molecule has 4 rings (SSSR count). The van der Waals surface area contributed by atoms with Crippen molar-refractivity contribution in [2.24, 2.45) is 5.10 Å². The van der Waals surface area contributed by atoms with Crippen LogP contribution in [-0.4, -0.2) is 33.7 Å².